The highest BCUT2D eigenvalue weighted by Gasteiger charge is 2.26. The third-order valence-corrected chi connectivity index (χ3v) is 6.25. The molecule has 5 rings (SSSR count). The minimum Gasteiger partial charge on any atom is -0.396 e. The molecule has 0 amide bonds. The first-order chi connectivity index (χ1) is 16.9. The molecule has 4 aromatic rings. The van der Waals surface area contributed by atoms with Gasteiger partial charge in [0.2, 0.25) is 5.82 Å². The Balaban J connectivity index is 1.57. The summed E-state index contributed by atoms with van der Waals surface area (Å²) >= 11 is 0. The molecule has 0 spiro atoms. The van der Waals surface area contributed by atoms with E-state index in [0.29, 0.717) is 43.0 Å². The second kappa shape index (κ2) is 9.49. The largest absolute Gasteiger partial charge is 0.396 e. The second-order valence-electron chi connectivity index (χ2n) is 8.63. The van der Waals surface area contributed by atoms with Gasteiger partial charge >= 0.3 is 0 Å². The third kappa shape index (κ3) is 4.63. The Morgan fingerprint density at radius 2 is 1.80 bits per heavy atom. The molecule has 1 unspecified atom stereocenters. The monoisotopic (exact) mass is 483 g/mol. The second-order valence-corrected chi connectivity index (χ2v) is 8.63. The summed E-state index contributed by atoms with van der Waals surface area (Å²) in [6, 6.07) is 5.15. The fourth-order valence-corrected chi connectivity index (χ4v) is 4.22. The molecule has 2 N–H and O–H groups in total. The number of piperidine rings is 1. The number of halogens is 3. The van der Waals surface area contributed by atoms with Crippen molar-refractivity contribution >= 4 is 17.3 Å². The van der Waals surface area contributed by atoms with E-state index in [1.807, 2.05) is 4.90 Å². The lowest BCUT2D eigenvalue weighted by Gasteiger charge is -2.32. The molecular formula is C24H24F3N7O. The van der Waals surface area contributed by atoms with Crippen LogP contribution in [0.1, 0.15) is 31.5 Å². The van der Waals surface area contributed by atoms with Crippen LogP contribution in [0.4, 0.5) is 24.8 Å². The number of nitrogens with one attached hydrogen (secondary N) is 1. The average Bonchev–Trinajstić information content (AvgIpc) is 3.29. The lowest BCUT2D eigenvalue weighted by molar-refractivity contribution is 0.202. The van der Waals surface area contributed by atoms with Gasteiger partial charge in [-0.15, -0.1) is 0 Å². The molecule has 0 saturated carbocycles. The Morgan fingerprint density at radius 3 is 2.51 bits per heavy atom. The van der Waals surface area contributed by atoms with Gasteiger partial charge in [0, 0.05) is 25.9 Å². The maximum absolute atomic E-state index is 15.7. The van der Waals surface area contributed by atoms with Crippen molar-refractivity contribution in [2.24, 2.45) is 5.92 Å². The minimum absolute atomic E-state index is 0.0562. The molecule has 0 aliphatic carbocycles. The number of rotatable bonds is 6. The maximum Gasteiger partial charge on any atom is 0.207 e. The van der Waals surface area contributed by atoms with Crippen LogP contribution in [0, 0.1) is 23.4 Å². The number of hydrogen-bond acceptors (Lipinski definition) is 7. The molecule has 0 bridgehead atoms. The summed E-state index contributed by atoms with van der Waals surface area (Å²) in [5, 5.41) is 12.5. The van der Waals surface area contributed by atoms with Gasteiger partial charge in [-0.3, -0.25) is 9.38 Å². The smallest absolute Gasteiger partial charge is 0.207 e. The van der Waals surface area contributed by atoms with E-state index >= 15 is 4.39 Å². The molecule has 1 aliphatic rings. The van der Waals surface area contributed by atoms with Crippen molar-refractivity contribution in [3.05, 3.63) is 66.0 Å². The first-order valence-electron chi connectivity index (χ1n) is 11.4. The highest BCUT2D eigenvalue weighted by molar-refractivity contribution is 5.63. The molecule has 1 aliphatic heterocycles. The van der Waals surface area contributed by atoms with Crippen LogP contribution in [0.3, 0.4) is 0 Å². The van der Waals surface area contributed by atoms with Crippen LogP contribution in [-0.2, 0) is 0 Å². The van der Waals surface area contributed by atoms with Gasteiger partial charge in [-0.25, -0.2) is 23.7 Å². The maximum atomic E-state index is 15.7. The highest BCUT2D eigenvalue weighted by Crippen LogP contribution is 2.31. The summed E-state index contributed by atoms with van der Waals surface area (Å²) in [4.78, 5) is 19.1. The number of aliphatic hydroxyl groups excluding tert-OH is 1. The zero-order valence-corrected chi connectivity index (χ0v) is 19.0. The van der Waals surface area contributed by atoms with Crippen molar-refractivity contribution in [2.45, 2.75) is 25.8 Å². The molecule has 5 heterocycles. The first kappa shape index (κ1) is 23.0. The molecular weight excluding hydrogens is 459 g/mol. The summed E-state index contributed by atoms with van der Waals surface area (Å²) in [6.07, 6.45) is 5.29. The SMILES string of the molecule is CC(Nc1nc(-c2cnc3ccc(F)cn23)nc(N2CCC(CO)CC2)c1F)c1ccc(F)cn1. The van der Waals surface area contributed by atoms with Crippen LogP contribution < -0.4 is 10.2 Å². The Bertz CT molecular complexity index is 1340. The number of imidazole rings is 1. The number of nitrogens with zero attached hydrogens (tertiary/aromatic N) is 6. The van der Waals surface area contributed by atoms with Crippen molar-refractivity contribution < 1.29 is 18.3 Å². The number of aromatic nitrogens is 5. The normalized spacial score (nSPS) is 15.5. The predicted octanol–water partition coefficient (Wildman–Crippen LogP) is 3.99. The number of aliphatic hydroxyl groups is 1. The molecule has 0 aromatic carbocycles. The van der Waals surface area contributed by atoms with Gasteiger partial charge < -0.3 is 15.3 Å². The van der Waals surface area contributed by atoms with E-state index < -0.39 is 23.5 Å². The molecule has 8 nitrogen and oxygen atoms in total. The van der Waals surface area contributed by atoms with Gasteiger partial charge in [0.15, 0.2) is 17.5 Å². The number of anilines is 2. The van der Waals surface area contributed by atoms with Crippen LogP contribution in [0.2, 0.25) is 0 Å². The summed E-state index contributed by atoms with van der Waals surface area (Å²) in [5.74, 6) is -1.17. The molecule has 35 heavy (non-hydrogen) atoms. The Hall–Kier alpha value is -3.73. The average molecular weight is 483 g/mol. The van der Waals surface area contributed by atoms with Gasteiger partial charge in [0.25, 0.3) is 0 Å². The zero-order valence-electron chi connectivity index (χ0n) is 19.0. The summed E-state index contributed by atoms with van der Waals surface area (Å²) in [5.41, 5.74) is 1.41. The van der Waals surface area contributed by atoms with Crippen molar-refractivity contribution in [3.63, 3.8) is 0 Å². The lowest BCUT2D eigenvalue weighted by atomic mass is 9.98. The van der Waals surface area contributed by atoms with Crippen LogP contribution in [0.25, 0.3) is 17.2 Å². The Labute approximate surface area is 199 Å². The Kier molecular flexibility index (Phi) is 6.25. The zero-order chi connectivity index (χ0) is 24.5. The van der Waals surface area contributed by atoms with Crippen LogP contribution in [-0.4, -0.2) is 49.1 Å². The Morgan fingerprint density at radius 1 is 1.03 bits per heavy atom. The third-order valence-electron chi connectivity index (χ3n) is 6.25. The summed E-state index contributed by atoms with van der Waals surface area (Å²) in [7, 11) is 0. The van der Waals surface area contributed by atoms with Crippen LogP contribution >= 0.6 is 0 Å². The summed E-state index contributed by atoms with van der Waals surface area (Å²) < 4.78 is 44.5. The van der Waals surface area contributed by atoms with E-state index in [-0.39, 0.29) is 30.0 Å². The van der Waals surface area contributed by atoms with Crippen molar-refractivity contribution in [1.82, 2.24) is 24.3 Å². The van der Waals surface area contributed by atoms with Crippen molar-refractivity contribution in [3.8, 4) is 11.5 Å². The first-order valence-corrected chi connectivity index (χ1v) is 11.4. The molecule has 0 radical (unpaired) electrons. The fraction of sp³-hybridized carbons (Fsp3) is 0.333. The van der Waals surface area contributed by atoms with Crippen LogP contribution in [0.5, 0.6) is 0 Å². The summed E-state index contributed by atoms with van der Waals surface area (Å²) in [6.45, 7) is 2.90. The fourth-order valence-electron chi connectivity index (χ4n) is 4.22. The molecule has 1 fully saturated rings. The highest BCUT2D eigenvalue weighted by atomic mass is 19.1. The molecule has 1 atom stereocenters. The van der Waals surface area contributed by atoms with Crippen LogP contribution in [0.15, 0.2) is 42.9 Å². The van der Waals surface area contributed by atoms with E-state index in [1.165, 1.54) is 41.1 Å². The van der Waals surface area contributed by atoms with Gasteiger partial charge in [0.05, 0.1) is 24.1 Å². The minimum atomic E-state index is -0.634. The van der Waals surface area contributed by atoms with Gasteiger partial charge in [-0.05, 0) is 49.9 Å². The molecule has 182 valence electrons. The molecule has 11 heteroatoms. The number of fused-ring (bicyclic) bond motifs is 1. The van der Waals surface area contributed by atoms with Gasteiger partial charge in [-0.2, -0.15) is 4.39 Å². The lowest BCUT2D eigenvalue weighted by Crippen LogP contribution is -2.36. The van der Waals surface area contributed by atoms with E-state index in [0.717, 1.165) is 6.20 Å². The molecule has 4 aromatic heterocycles. The number of hydrogen-bond donors (Lipinski definition) is 2. The van der Waals surface area contributed by atoms with E-state index in [1.54, 1.807) is 6.92 Å². The van der Waals surface area contributed by atoms with E-state index in [2.05, 4.69) is 25.3 Å². The van der Waals surface area contributed by atoms with Crippen molar-refractivity contribution in [2.75, 3.05) is 29.9 Å². The quantitative estimate of drug-likeness (QED) is 0.429. The standard InChI is InChI=1S/C24H24F3N7O/c1-14(18-4-2-16(25)10-28-18)30-23-21(27)24(33-8-6-15(13-35)7-9-33)32-22(31-23)19-11-29-20-5-3-17(26)12-34(19)20/h2-5,10-12,14-15,35H,6-9,13H2,1H3,(H,30,31,32). The van der Waals surface area contributed by atoms with Gasteiger partial charge in [-0.1, -0.05) is 0 Å². The van der Waals surface area contributed by atoms with E-state index in [4.69, 9.17) is 0 Å². The molecule has 1 saturated heterocycles. The van der Waals surface area contributed by atoms with Crippen molar-refractivity contribution in [1.29, 1.82) is 0 Å². The van der Waals surface area contributed by atoms with Gasteiger partial charge in [0.1, 0.15) is 23.0 Å². The predicted molar refractivity (Wildman–Crippen MR) is 124 cm³/mol. The topological polar surface area (TPSA) is 91.5 Å². The van der Waals surface area contributed by atoms with E-state index in [9.17, 15) is 13.9 Å². The number of pyridine rings is 2.